The van der Waals surface area contributed by atoms with Crippen molar-refractivity contribution in [3.8, 4) is 0 Å². The van der Waals surface area contributed by atoms with E-state index in [2.05, 4.69) is 5.32 Å². The van der Waals surface area contributed by atoms with E-state index >= 15 is 0 Å². The summed E-state index contributed by atoms with van der Waals surface area (Å²) >= 11 is 0. The van der Waals surface area contributed by atoms with Crippen molar-refractivity contribution in [1.82, 2.24) is 0 Å². The number of nitro benzene ring substituents is 1. The van der Waals surface area contributed by atoms with E-state index in [1.54, 1.807) is 6.92 Å². The van der Waals surface area contributed by atoms with E-state index in [0.29, 0.717) is 6.54 Å². The highest BCUT2D eigenvalue weighted by molar-refractivity contribution is 5.62. The maximum absolute atomic E-state index is 13.1. The molecule has 1 rings (SSSR count). The maximum Gasteiger partial charge on any atom is 0.292 e. The number of nitrogens with one attached hydrogen (secondary N) is 1. The van der Waals surface area contributed by atoms with Crippen molar-refractivity contribution >= 4 is 11.4 Å². The van der Waals surface area contributed by atoms with Crippen molar-refractivity contribution in [3.63, 3.8) is 0 Å². The molecular weight excluding hydrogens is 187 g/mol. The van der Waals surface area contributed by atoms with Gasteiger partial charge in [0, 0.05) is 18.7 Å². The van der Waals surface area contributed by atoms with Gasteiger partial charge in [-0.3, -0.25) is 10.1 Å². The molecule has 0 atom stereocenters. The van der Waals surface area contributed by atoms with E-state index in [4.69, 9.17) is 0 Å². The third kappa shape index (κ3) is 1.99. The standard InChI is InChI=1S/C9H11FN2O2/c1-3-11-8-5-7(10)6(2)4-9(8)12(13)14/h4-5,11H,3H2,1-2H3. The zero-order valence-corrected chi connectivity index (χ0v) is 8.00. The molecule has 0 radical (unpaired) electrons. The summed E-state index contributed by atoms with van der Waals surface area (Å²) in [5.74, 6) is -0.438. The van der Waals surface area contributed by atoms with Crippen LogP contribution in [0.5, 0.6) is 0 Å². The molecule has 0 unspecified atom stereocenters. The van der Waals surface area contributed by atoms with Crippen molar-refractivity contribution in [1.29, 1.82) is 0 Å². The van der Waals surface area contributed by atoms with Crippen molar-refractivity contribution in [2.24, 2.45) is 0 Å². The lowest BCUT2D eigenvalue weighted by Gasteiger charge is -2.05. The molecule has 5 heteroatoms. The first-order valence-corrected chi connectivity index (χ1v) is 4.24. The summed E-state index contributed by atoms with van der Waals surface area (Å²) in [5, 5.41) is 13.3. The second-order valence-corrected chi connectivity index (χ2v) is 2.91. The average molecular weight is 198 g/mol. The smallest absolute Gasteiger partial charge is 0.292 e. The molecule has 0 aromatic heterocycles. The molecule has 1 aromatic carbocycles. The number of nitrogens with zero attached hydrogens (tertiary/aromatic N) is 1. The molecule has 0 saturated carbocycles. The Morgan fingerprint density at radius 3 is 2.71 bits per heavy atom. The Hall–Kier alpha value is -1.65. The molecule has 0 aliphatic rings. The first kappa shape index (κ1) is 10.4. The highest BCUT2D eigenvalue weighted by Gasteiger charge is 2.15. The Balaban J connectivity index is 3.24. The summed E-state index contributed by atoms with van der Waals surface area (Å²) in [4.78, 5) is 10.1. The SMILES string of the molecule is CCNc1cc(F)c(C)cc1[N+](=O)[O-]. The van der Waals surface area contributed by atoms with Crippen molar-refractivity contribution in [2.45, 2.75) is 13.8 Å². The zero-order valence-electron chi connectivity index (χ0n) is 8.00. The molecule has 0 heterocycles. The minimum absolute atomic E-state index is 0.0919. The lowest BCUT2D eigenvalue weighted by Crippen LogP contribution is -2.02. The summed E-state index contributed by atoms with van der Waals surface area (Å²) < 4.78 is 13.1. The lowest BCUT2D eigenvalue weighted by atomic mass is 10.2. The molecule has 0 fully saturated rings. The molecule has 4 nitrogen and oxygen atoms in total. The van der Waals surface area contributed by atoms with Crippen LogP contribution in [-0.4, -0.2) is 11.5 Å². The van der Waals surface area contributed by atoms with Crippen molar-refractivity contribution < 1.29 is 9.31 Å². The van der Waals surface area contributed by atoms with Gasteiger partial charge < -0.3 is 5.32 Å². The molecule has 76 valence electrons. The molecule has 0 saturated heterocycles. The van der Waals surface area contributed by atoms with E-state index in [-0.39, 0.29) is 16.9 Å². The van der Waals surface area contributed by atoms with Gasteiger partial charge >= 0.3 is 0 Å². The minimum atomic E-state index is -0.523. The Morgan fingerprint density at radius 2 is 2.21 bits per heavy atom. The zero-order chi connectivity index (χ0) is 10.7. The van der Waals surface area contributed by atoms with Crippen LogP contribution in [0.1, 0.15) is 12.5 Å². The van der Waals surface area contributed by atoms with Gasteiger partial charge in [0.15, 0.2) is 0 Å². The second kappa shape index (κ2) is 4.04. The molecule has 14 heavy (non-hydrogen) atoms. The van der Waals surface area contributed by atoms with Gasteiger partial charge in [-0.15, -0.1) is 0 Å². The van der Waals surface area contributed by atoms with Crippen LogP contribution >= 0.6 is 0 Å². The minimum Gasteiger partial charge on any atom is -0.380 e. The Bertz CT molecular complexity index is 366. The summed E-state index contributed by atoms with van der Waals surface area (Å²) in [6, 6.07) is 2.38. The van der Waals surface area contributed by atoms with E-state index in [9.17, 15) is 14.5 Å². The Morgan fingerprint density at radius 1 is 1.57 bits per heavy atom. The fourth-order valence-corrected chi connectivity index (χ4v) is 1.15. The number of nitro groups is 1. The van der Waals surface area contributed by atoms with Crippen molar-refractivity contribution in [3.05, 3.63) is 33.6 Å². The summed E-state index contributed by atoms with van der Waals surface area (Å²) in [6.07, 6.45) is 0. The summed E-state index contributed by atoms with van der Waals surface area (Å²) in [6.45, 7) is 3.81. The van der Waals surface area contributed by atoms with Crippen LogP contribution in [0, 0.1) is 22.9 Å². The van der Waals surface area contributed by atoms with Gasteiger partial charge in [0.2, 0.25) is 0 Å². The molecule has 0 spiro atoms. The van der Waals surface area contributed by atoms with Crippen LogP contribution < -0.4 is 5.32 Å². The van der Waals surface area contributed by atoms with Crippen LogP contribution in [0.3, 0.4) is 0 Å². The van der Waals surface area contributed by atoms with Crippen LogP contribution in [0.25, 0.3) is 0 Å². The fraction of sp³-hybridized carbons (Fsp3) is 0.333. The van der Waals surface area contributed by atoms with Gasteiger partial charge in [-0.1, -0.05) is 0 Å². The quantitative estimate of drug-likeness (QED) is 0.599. The van der Waals surface area contributed by atoms with E-state index in [1.807, 2.05) is 0 Å². The van der Waals surface area contributed by atoms with Gasteiger partial charge in [0.1, 0.15) is 11.5 Å². The monoisotopic (exact) mass is 198 g/mol. The van der Waals surface area contributed by atoms with E-state index in [0.717, 1.165) is 6.07 Å². The number of anilines is 1. The number of hydrogen-bond acceptors (Lipinski definition) is 3. The number of benzene rings is 1. The average Bonchev–Trinajstić information content (AvgIpc) is 2.11. The van der Waals surface area contributed by atoms with Gasteiger partial charge in [0.25, 0.3) is 5.69 Å². The number of halogens is 1. The predicted octanol–water partition coefficient (Wildman–Crippen LogP) is 2.47. The number of hydrogen-bond donors (Lipinski definition) is 1. The van der Waals surface area contributed by atoms with Crippen LogP contribution in [0.2, 0.25) is 0 Å². The highest BCUT2D eigenvalue weighted by atomic mass is 19.1. The molecule has 0 amide bonds. The first-order chi connectivity index (χ1) is 6.56. The lowest BCUT2D eigenvalue weighted by molar-refractivity contribution is -0.384. The van der Waals surface area contributed by atoms with Gasteiger partial charge in [-0.2, -0.15) is 0 Å². The molecular formula is C9H11FN2O2. The second-order valence-electron chi connectivity index (χ2n) is 2.91. The molecule has 1 N–H and O–H groups in total. The van der Waals surface area contributed by atoms with Gasteiger partial charge in [-0.25, -0.2) is 4.39 Å². The summed E-state index contributed by atoms with van der Waals surface area (Å²) in [5.41, 5.74) is 0.407. The fourth-order valence-electron chi connectivity index (χ4n) is 1.15. The Kier molecular flexibility index (Phi) is 3.01. The number of rotatable bonds is 3. The van der Waals surface area contributed by atoms with Gasteiger partial charge in [0.05, 0.1) is 4.92 Å². The summed E-state index contributed by atoms with van der Waals surface area (Å²) in [7, 11) is 0. The highest BCUT2D eigenvalue weighted by Crippen LogP contribution is 2.27. The van der Waals surface area contributed by atoms with Crippen LogP contribution in [0.4, 0.5) is 15.8 Å². The molecule has 1 aromatic rings. The van der Waals surface area contributed by atoms with E-state index in [1.165, 1.54) is 13.0 Å². The van der Waals surface area contributed by atoms with E-state index < -0.39 is 10.7 Å². The van der Waals surface area contributed by atoms with Crippen LogP contribution in [0.15, 0.2) is 12.1 Å². The topological polar surface area (TPSA) is 55.2 Å². The molecule has 0 aliphatic carbocycles. The normalized spacial score (nSPS) is 9.93. The van der Waals surface area contributed by atoms with Crippen molar-refractivity contribution in [2.75, 3.05) is 11.9 Å². The third-order valence-electron chi connectivity index (χ3n) is 1.84. The largest absolute Gasteiger partial charge is 0.380 e. The first-order valence-electron chi connectivity index (χ1n) is 4.24. The number of aryl methyl sites for hydroxylation is 1. The maximum atomic E-state index is 13.1. The Labute approximate surface area is 80.9 Å². The molecule has 0 aliphatic heterocycles. The van der Waals surface area contributed by atoms with Crippen LogP contribution in [-0.2, 0) is 0 Å². The predicted molar refractivity (Wildman–Crippen MR) is 52.0 cm³/mol. The van der Waals surface area contributed by atoms with Gasteiger partial charge in [-0.05, 0) is 19.4 Å². The third-order valence-corrected chi connectivity index (χ3v) is 1.84. The molecule has 0 bridgehead atoms.